The Morgan fingerprint density at radius 1 is 0.912 bits per heavy atom. The van der Waals surface area contributed by atoms with Gasteiger partial charge in [-0.15, -0.1) is 21.5 Å². The van der Waals surface area contributed by atoms with E-state index in [1.807, 2.05) is 44.2 Å². The lowest BCUT2D eigenvalue weighted by Crippen LogP contribution is -2.30. The highest BCUT2D eigenvalue weighted by molar-refractivity contribution is 7.91. The molecule has 2 aromatic carbocycles. The van der Waals surface area contributed by atoms with Gasteiger partial charge >= 0.3 is 0 Å². The third-order valence-electron chi connectivity index (χ3n) is 5.20. The van der Waals surface area contributed by atoms with Gasteiger partial charge in [-0.1, -0.05) is 32.0 Å². The minimum absolute atomic E-state index is 0.239. The molecule has 0 saturated carbocycles. The summed E-state index contributed by atoms with van der Waals surface area (Å²) in [4.78, 5) is 13.3. The molecular formula is C24H24N4O4S2. The Labute approximate surface area is 202 Å². The fourth-order valence-electron chi connectivity index (χ4n) is 3.35. The molecule has 0 fully saturated rings. The molecule has 0 unspecified atom stereocenters. The van der Waals surface area contributed by atoms with Crippen LogP contribution in [0.3, 0.4) is 0 Å². The first-order valence-electron chi connectivity index (χ1n) is 10.8. The second-order valence-corrected chi connectivity index (χ2v) is 10.7. The first kappa shape index (κ1) is 23.8. The van der Waals surface area contributed by atoms with Crippen LogP contribution in [0, 0.1) is 0 Å². The van der Waals surface area contributed by atoms with Gasteiger partial charge in [0.1, 0.15) is 4.21 Å². The minimum atomic E-state index is -3.50. The van der Waals surface area contributed by atoms with Gasteiger partial charge in [-0.25, -0.2) is 8.42 Å². The Morgan fingerprint density at radius 3 is 2.15 bits per heavy atom. The van der Waals surface area contributed by atoms with E-state index in [1.165, 1.54) is 4.31 Å². The third kappa shape index (κ3) is 5.09. The van der Waals surface area contributed by atoms with Gasteiger partial charge in [0.2, 0.25) is 11.8 Å². The molecule has 0 aliphatic heterocycles. The van der Waals surface area contributed by atoms with Crippen LogP contribution in [0.15, 0.2) is 75.4 Å². The number of nitrogens with one attached hydrogen (secondary N) is 1. The molecule has 4 rings (SSSR count). The van der Waals surface area contributed by atoms with Gasteiger partial charge < -0.3 is 9.73 Å². The number of carbonyl (C=O) groups is 1. The zero-order valence-electron chi connectivity index (χ0n) is 18.8. The zero-order valence-corrected chi connectivity index (χ0v) is 20.4. The number of thiophene rings is 1. The van der Waals surface area contributed by atoms with E-state index in [0.717, 1.165) is 21.8 Å². The van der Waals surface area contributed by atoms with Crippen LogP contribution in [0.2, 0.25) is 0 Å². The van der Waals surface area contributed by atoms with Crippen molar-refractivity contribution in [3.05, 3.63) is 77.2 Å². The van der Waals surface area contributed by atoms with E-state index in [0.29, 0.717) is 36.0 Å². The van der Waals surface area contributed by atoms with Crippen molar-refractivity contribution in [1.82, 2.24) is 19.8 Å². The maximum absolute atomic E-state index is 12.6. The van der Waals surface area contributed by atoms with Crippen molar-refractivity contribution in [1.29, 1.82) is 0 Å². The van der Waals surface area contributed by atoms with Crippen molar-refractivity contribution in [3.63, 3.8) is 0 Å². The molecule has 0 saturated heterocycles. The molecule has 2 aromatic heterocycles. The summed E-state index contributed by atoms with van der Waals surface area (Å²) in [6, 6.07) is 19.7. The summed E-state index contributed by atoms with van der Waals surface area (Å²) in [6.45, 7) is 4.68. The van der Waals surface area contributed by atoms with Gasteiger partial charge in [-0.2, -0.15) is 4.31 Å². The number of benzene rings is 2. The molecule has 2 heterocycles. The standard InChI is InChI=1S/C24H24N4O4S2/c1-3-28(4-2)34(30,31)21-15-14-20(33-21)16-25-22(29)17-10-12-19(13-11-17)24-27-26-23(32-24)18-8-6-5-7-9-18/h5-15H,3-4,16H2,1-2H3,(H,25,29). The highest BCUT2D eigenvalue weighted by atomic mass is 32.2. The summed E-state index contributed by atoms with van der Waals surface area (Å²) in [5.74, 6) is 0.533. The summed E-state index contributed by atoms with van der Waals surface area (Å²) in [5, 5.41) is 11.0. The van der Waals surface area contributed by atoms with E-state index in [2.05, 4.69) is 15.5 Å². The fraction of sp³-hybridized carbons (Fsp3) is 0.208. The first-order valence-corrected chi connectivity index (χ1v) is 13.0. The van der Waals surface area contributed by atoms with E-state index in [-0.39, 0.29) is 16.7 Å². The molecule has 0 radical (unpaired) electrons. The predicted octanol–water partition coefficient (Wildman–Crippen LogP) is 4.43. The maximum Gasteiger partial charge on any atom is 0.252 e. The molecule has 0 spiro atoms. The monoisotopic (exact) mass is 496 g/mol. The fourth-order valence-corrected chi connectivity index (χ4v) is 6.26. The Kier molecular flexibility index (Phi) is 7.20. The Bertz CT molecular complexity index is 1360. The topological polar surface area (TPSA) is 105 Å². The zero-order chi connectivity index (χ0) is 24.1. The number of sulfonamides is 1. The van der Waals surface area contributed by atoms with E-state index >= 15 is 0 Å². The number of amides is 1. The lowest BCUT2D eigenvalue weighted by molar-refractivity contribution is 0.0951. The van der Waals surface area contributed by atoms with Gasteiger partial charge in [0.05, 0.1) is 6.54 Å². The first-order chi connectivity index (χ1) is 16.4. The van der Waals surface area contributed by atoms with Crippen molar-refractivity contribution >= 4 is 27.3 Å². The predicted molar refractivity (Wildman–Crippen MR) is 131 cm³/mol. The number of carbonyl (C=O) groups excluding carboxylic acids is 1. The largest absolute Gasteiger partial charge is 0.416 e. The Morgan fingerprint density at radius 2 is 1.53 bits per heavy atom. The summed E-state index contributed by atoms with van der Waals surface area (Å²) in [5.41, 5.74) is 2.01. The third-order valence-corrected chi connectivity index (χ3v) is 8.80. The average Bonchev–Trinajstić information content (AvgIpc) is 3.54. The number of aromatic nitrogens is 2. The molecule has 0 atom stereocenters. The number of hydrogen-bond acceptors (Lipinski definition) is 7. The van der Waals surface area contributed by atoms with Crippen LogP contribution in [-0.4, -0.2) is 41.9 Å². The number of hydrogen-bond donors (Lipinski definition) is 1. The molecule has 1 amide bonds. The molecule has 0 aliphatic carbocycles. The van der Waals surface area contributed by atoms with Crippen LogP contribution in [-0.2, 0) is 16.6 Å². The lowest BCUT2D eigenvalue weighted by atomic mass is 10.1. The van der Waals surface area contributed by atoms with Crippen molar-refractivity contribution in [2.75, 3.05) is 13.1 Å². The summed E-state index contributed by atoms with van der Waals surface area (Å²) in [6.07, 6.45) is 0. The van der Waals surface area contributed by atoms with Gasteiger partial charge in [-0.3, -0.25) is 4.79 Å². The molecule has 34 heavy (non-hydrogen) atoms. The molecule has 1 N–H and O–H groups in total. The van der Waals surface area contributed by atoms with Crippen LogP contribution in [0.4, 0.5) is 0 Å². The highest BCUT2D eigenvalue weighted by Gasteiger charge is 2.23. The Hall–Kier alpha value is -3.34. The van der Waals surface area contributed by atoms with Crippen molar-refractivity contribution < 1.29 is 17.6 Å². The van der Waals surface area contributed by atoms with E-state index in [9.17, 15) is 13.2 Å². The van der Waals surface area contributed by atoms with Crippen molar-refractivity contribution in [2.24, 2.45) is 0 Å². The normalized spacial score (nSPS) is 11.6. The molecule has 8 nitrogen and oxygen atoms in total. The molecule has 10 heteroatoms. The minimum Gasteiger partial charge on any atom is -0.416 e. The van der Waals surface area contributed by atoms with Crippen LogP contribution in [0.25, 0.3) is 22.9 Å². The van der Waals surface area contributed by atoms with Crippen molar-refractivity contribution in [2.45, 2.75) is 24.6 Å². The average molecular weight is 497 g/mol. The maximum atomic E-state index is 12.6. The van der Waals surface area contributed by atoms with Gasteiger partial charge in [0.25, 0.3) is 15.9 Å². The lowest BCUT2D eigenvalue weighted by Gasteiger charge is -2.16. The van der Waals surface area contributed by atoms with E-state index < -0.39 is 10.0 Å². The smallest absolute Gasteiger partial charge is 0.252 e. The van der Waals surface area contributed by atoms with Crippen LogP contribution in [0.5, 0.6) is 0 Å². The second-order valence-electron chi connectivity index (χ2n) is 7.35. The summed E-state index contributed by atoms with van der Waals surface area (Å²) < 4.78 is 32.7. The molecular weight excluding hydrogens is 472 g/mol. The van der Waals surface area contributed by atoms with Crippen LogP contribution in [0.1, 0.15) is 29.1 Å². The van der Waals surface area contributed by atoms with E-state index in [1.54, 1.807) is 36.4 Å². The number of rotatable bonds is 9. The summed E-state index contributed by atoms with van der Waals surface area (Å²) in [7, 11) is -3.50. The van der Waals surface area contributed by atoms with Gasteiger partial charge in [-0.05, 0) is 48.5 Å². The van der Waals surface area contributed by atoms with Crippen molar-refractivity contribution in [3.8, 4) is 22.9 Å². The molecule has 0 bridgehead atoms. The summed E-state index contributed by atoms with van der Waals surface area (Å²) >= 11 is 1.16. The molecule has 176 valence electrons. The van der Waals surface area contributed by atoms with Crippen LogP contribution >= 0.6 is 11.3 Å². The quantitative estimate of drug-likeness (QED) is 0.368. The number of nitrogens with zero attached hydrogens (tertiary/aromatic N) is 3. The van der Waals surface area contributed by atoms with E-state index in [4.69, 9.17) is 4.42 Å². The second kappa shape index (κ2) is 10.3. The van der Waals surface area contributed by atoms with Crippen LogP contribution < -0.4 is 5.32 Å². The Balaban J connectivity index is 1.39. The molecule has 0 aliphatic rings. The van der Waals surface area contributed by atoms with Gasteiger partial charge in [0.15, 0.2) is 0 Å². The highest BCUT2D eigenvalue weighted by Crippen LogP contribution is 2.26. The SMILES string of the molecule is CCN(CC)S(=O)(=O)c1ccc(CNC(=O)c2ccc(-c3nnc(-c4ccccc4)o3)cc2)s1. The van der Waals surface area contributed by atoms with Gasteiger partial charge in [0, 0.05) is 34.7 Å². The molecule has 4 aromatic rings.